The van der Waals surface area contributed by atoms with Gasteiger partial charge in [0.2, 0.25) is 9.84 Å². The molecule has 0 fully saturated rings. The molecule has 0 aliphatic carbocycles. The summed E-state index contributed by atoms with van der Waals surface area (Å²) in [6.07, 6.45) is 0. The zero-order valence-corrected chi connectivity index (χ0v) is 7.58. The van der Waals surface area contributed by atoms with E-state index in [0.717, 1.165) is 5.41 Å². The van der Waals surface area contributed by atoms with Crippen LogP contribution in [0.15, 0.2) is 16.2 Å². The maximum Gasteiger partial charge on any atom is 0.226 e. The number of hydrogen-bond acceptors (Lipinski definition) is 5. The van der Waals surface area contributed by atoms with Crippen LogP contribution >= 0.6 is 11.8 Å². The molecule has 1 aliphatic rings. The molecular formula is C5H8N2O2S2. The van der Waals surface area contributed by atoms with Gasteiger partial charge in [0.15, 0.2) is 4.38 Å². The topological polar surface area (TPSA) is 72.5 Å². The molecule has 11 heavy (non-hydrogen) atoms. The van der Waals surface area contributed by atoms with E-state index in [1.54, 1.807) is 0 Å². The molecule has 0 saturated carbocycles. The number of aliphatic imine (C=N–C) groups is 1. The van der Waals surface area contributed by atoms with Gasteiger partial charge in [-0.15, -0.1) is 0 Å². The second-order valence-electron chi connectivity index (χ2n) is 1.90. The summed E-state index contributed by atoms with van der Waals surface area (Å²) in [7, 11) is -3.27. The van der Waals surface area contributed by atoms with Crippen molar-refractivity contribution in [1.29, 1.82) is 0 Å². The van der Waals surface area contributed by atoms with Gasteiger partial charge in [0.1, 0.15) is 5.82 Å². The first-order valence-corrected chi connectivity index (χ1v) is 5.53. The Labute approximate surface area is 69.5 Å². The Bertz CT molecular complexity index is 315. The Kier molecular flexibility index (Phi) is 2.24. The molecule has 6 heteroatoms. The summed E-state index contributed by atoms with van der Waals surface area (Å²) in [5.74, 6) is 0.750. The van der Waals surface area contributed by atoms with Crippen LogP contribution in [0.4, 0.5) is 0 Å². The van der Waals surface area contributed by atoms with Crippen LogP contribution in [0.3, 0.4) is 0 Å². The minimum absolute atomic E-state index is 0.0703. The highest BCUT2D eigenvalue weighted by Crippen LogP contribution is 2.19. The summed E-state index contributed by atoms with van der Waals surface area (Å²) in [6.45, 7) is 1.86. The lowest BCUT2D eigenvalue weighted by atomic mass is 10.9. The minimum atomic E-state index is -3.27. The predicted octanol–water partition coefficient (Wildman–Crippen LogP) is 0.282. The first kappa shape index (κ1) is 8.61. The Morgan fingerprint density at radius 3 is 2.73 bits per heavy atom. The Hall–Kier alpha value is -0.490. The van der Waals surface area contributed by atoms with Gasteiger partial charge in [-0.2, -0.15) is 0 Å². The molecule has 0 bridgehead atoms. The molecule has 0 aromatic rings. The molecule has 0 aromatic heterocycles. The fraction of sp³-hybridized carbons (Fsp3) is 0.400. The molecule has 0 aromatic carbocycles. The van der Waals surface area contributed by atoms with Crippen molar-refractivity contribution in [2.75, 3.05) is 5.75 Å². The predicted molar refractivity (Wildman–Crippen MR) is 46.8 cm³/mol. The number of rotatable bonds is 1. The summed E-state index contributed by atoms with van der Waals surface area (Å²) in [5, 5.41) is 0.977. The third-order valence-corrected chi connectivity index (χ3v) is 3.81. The summed E-state index contributed by atoms with van der Waals surface area (Å²) >= 11 is 1.18. The summed E-state index contributed by atoms with van der Waals surface area (Å²) < 4.78 is 22.2. The maximum absolute atomic E-state index is 11.1. The normalized spacial score (nSPS) is 21.2. The lowest BCUT2D eigenvalue weighted by molar-refractivity contribution is 0.616. The van der Waals surface area contributed by atoms with E-state index in [4.69, 9.17) is 5.73 Å². The van der Waals surface area contributed by atoms with Gasteiger partial charge in [-0.1, -0.05) is 18.7 Å². The van der Waals surface area contributed by atoms with Gasteiger partial charge in [0, 0.05) is 0 Å². The highest BCUT2D eigenvalue weighted by molar-refractivity contribution is 8.36. The van der Waals surface area contributed by atoms with E-state index in [0.29, 0.717) is 5.75 Å². The Balaban J connectivity index is 2.95. The molecule has 0 unspecified atom stereocenters. The van der Waals surface area contributed by atoms with E-state index in [1.807, 2.05) is 6.92 Å². The molecule has 0 spiro atoms. The molecule has 0 radical (unpaired) electrons. The zero-order chi connectivity index (χ0) is 8.48. The third kappa shape index (κ3) is 1.75. The molecule has 1 aliphatic heterocycles. The molecule has 62 valence electrons. The van der Waals surface area contributed by atoms with Crippen molar-refractivity contribution in [3.63, 3.8) is 0 Å². The second-order valence-corrected chi connectivity index (χ2v) is 5.12. The van der Waals surface area contributed by atoms with Crippen LogP contribution in [0.5, 0.6) is 0 Å². The van der Waals surface area contributed by atoms with Crippen LogP contribution in [0, 0.1) is 0 Å². The highest BCUT2D eigenvalue weighted by Gasteiger charge is 2.23. The minimum Gasteiger partial charge on any atom is -0.383 e. The zero-order valence-electron chi connectivity index (χ0n) is 5.94. The standard InChI is InChI=1S/C5H8N2O2S2/c1-2-10-5-7-4(6)3-11(5,8)9/h3H,2,6H2,1H3. The molecular weight excluding hydrogens is 184 g/mol. The van der Waals surface area contributed by atoms with E-state index in [1.165, 1.54) is 11.8 Å². The van der Waals surface area contributed by atoms with Gasteiger partial charge >= 0.3 is 0 Å². The highest BCUT2D eigenvalue weighted by atomic mass is 32.3. The van der Waals surface area contributed by atoms with Gasteiger partial charge in [-0.25, -0.2) is 13.4 Å². The van der Waals surface area contributed by atoms with Gasteiger partial charge in [-0.05, 0) is 5.75 Å². The van der Waals surface area contributed by atoms with Crippen molar-refractivity contribution in [3.8, 4) is 0 Å². The van der Waals surface area contributed by atoms with Gasteiger partial charge in [-0.3, -0.25) is 0 Å². The van der Waals surface area contributed by atoms with Crippen LogP contribution in [0.2, 0.25) is 0 Å². The van der Waals surface area contributed by atoms with E-state index in [9.17, 15) is 8.42 Å². The monoisotopic (exact) mass is 192 g/mol. The number of sulfone groups is 1. The molecule has 1 rings (SSSR count). The van der Waals surface area contributed by atoms with Crippen LogP contribution in [-0.2, 0) is 9.84 Å². The average Bonchev–Trinajstić information content (AvgIpc) is 2.07. The molecule has 0 atom stereocenters. The van der Waals surface area contributed by atoms with Gasteiger partial charge < -0.3 is 5.73 Å². The number of thioether (sulfide) groups is 1. The largest absolute Gasteiger partial charge is 0.383 e. The Morgan fingerprint density at radius 1 is 1.73 bits per heavy atom. The SMILES string of the molecule is CCSC1=NC(N)=CS1(=O)=O. The maximum atomic E-state index is 11.1. The van der Waals surface area contributed by atoms with E-state index in [-0.39, 0.29) is 10.2 Å². The van der Waals surface area contributed by atoms with Crippen LogP contribution in [0.1, 0.15) is 6.92 Å². The smallest absolute Gasteiger partial charge is 0.226 e. The van der Waals surface area contributed by atoms with Gasteiger partial charge in [0.25, 0.3) is 0 Å². The Morgan fingerprint density at radius 2 is 2.36 bits per heavy atom. The molecule has 0 saturated heterocycles. The lowest BCUT2D eigenvalue weighted by Gasteiger charge is -1.93. The van der Waals surface area contributed by atoms with Crippen molar-refractivity contribution in [1.82, 2.24) is 0 Å². The molecule has 0 amide bonds. The summed E-state index contributed by atoms with van der Waals surface area (Å²) in [4.78, 5) is 3.66. The van der Waals surface area contributed by atoms with E-state index in [2.05, 4.69) is 4.99 Å². The van der Waals surface area contributed by atoms with Crippen LogP contribution in [0.25, 0.3) is 0 Å². The van der Waals surface area contributed by atoms with Crippen LogP contribution in [-0.4, -0.2) is 18.5 Å². The number of hydrogen-bond donors (Lipinski definition) is 1. The third-order valence-electron chi connectivity index (χ3n) is 1.01. The van der Waals surface area contributed by atoms with Crippen molar-refractivity contribution in [2.24, 2.45) is 10.7 Å². The van der Waals surface area contributed by atoms with Crippen molar-refractivity contribution in [3.05, 3.63) is 11.2 Å². The van der Waals surface area contributed by atoms with Gasteiger partial charge in [0.05, 0.1) is 5.41 Å². The van der Waals surface area contributed by atoms with E-state index < -0.39 is 9.84 Å². The van der Waals surface area contributed by atoms with Crippen molar-refractivity contribution < 1.29 is 8.42 Å². The first-order chi connectivity index (χ1) is 5.06. The lowest BCUT2D eigenvalue weighted by Crippen LogP contribution is -2.03. The quantitative estimate of drug-likeness (QED) is 0.647. The molecule has 1 heterocycles. The van der Waals surface area contributed by atoms with Crippen LogP contribution < -0.4 is 5.73 Å². The first-order valence-electron chi connectivity index (χ1n) is 3.00. The van der Waals surface area contributed by atoms with E-state index >= 15 is 0 Å². The van der Waals surface area contributed by atoms with Crippen molar-refractivity contribution >= 4 is 26.0 Å². The second kappa shape index (κ2) is 2.86. The van der Waals surface area contributed by atoms with Crippen molar-refractivity contribution in [2.45, 2.75) is 6.92 Å². The number of nitrogens with zero attached hydrogens (tertiary/aromatic N) is 1. The summed E-state index contributed by atoms with van der Waals surface area (Å²) in [6, 6.07) is 0. The fourth-order valence-corrected chi connectivity index (χ4v) is 2.92. The fourth-order valence-electron chi connectivity index (χ4n) is 0.643. The summed E-state index contributed by atoms with van der Waals surface area (Å²) in [5.41, 5.74) is 5.21. The number of nitrogens with two attached hydrogens (primary N) is 1. The average molecular weight is 192 g/mol. The molecule has 2 N–H and O–H groups in total. The molecule has 4 nitrogen and oxygen atoms in total.